The molecule has 0 saturated heterocycles. The van der Waals surface area contributed by atoms with Gasteiger partial charge in [-0.3, -0.25) is 9.59 Å². The van der Waals surface area contributed by atoms with Crippen LogP contribution >= 0.6 is 0 Å². The minimum Gasteiger partial charge on any atom is -0.468 e. The van der Waals surface area contributed by atoms with Crippen molar-refractivity contribution >= 4 is 17.5 Å². The van der Waals surface area contributed by atoms with Gasteiger partial charge in [0, 0.05) is 31.2 Å². The highest BCUT2D eigenvalue weighted by Crippen LogP contribution is 2.21. The molecule has 0 aliphatic carbocycles. The first-order valence-electron chi connectivity index (χ1n) is 8.13. The molecule has 0 spiro atoms. The van der Waals surface area contributed by atoms with Gasteiger partial charge in [0.1, 0.15) is 12.0 Å². The summed E-state index contributed by atoms with van der Waals surface area (Å²) in [7, 11) is 0. The van der Waals surface area contributed by atoms with Crippen LogP contribution in [-0.2, 0) is 6.42 Å². The molecule has 0 saturated carbocycles. The third kappa shape index (κ3) is 3.59. The number of anilines is 1. The van der Waals surface area contributed by atoms with E-state index in [0.29, 0.717) is 36.4 Å². The van der Waals surface area contributed by atoms with Crippen molar-refractivity contribution in [1.29, 1.82) is 0 Å². The van der Waals surface area contributed by atoms with Gasteiger partial charge in [0.25, 0.3) is 11.8 Å². The van der Waals surface area contributed by atoms with Crippen molar-refractivity contribution in [2.75, 3.05) is 18.4 Å². The average molecular weight is 327 g/mol. The molecule has 3 N–H and O–H groups in total. The van der Waals surface area contributed by atoms with Crippen molar-refractivity contribution in [1.82, 2.24) is 10.6 Å². The van der Waals surface area contributed by atoms with Gasteiger partial charge in [-0.2, -0.15) is 0 Å². The standard InChI is InChI=1S/C18H21N3O3/c1-12(10-20-13-6-3-2-4-7-13)21-17(22)14-11-24-15-8-5-9-19-18(23)16(14)15/h2-4,6-7,11-12,20H,5,8-10H2,1H3,(H,19,23)(H,21,22). The van der Waals surface area contributed by atoms with Crippen LogP contribution in [0.1, 0.15) is 39.8 Å². The van der Waals surface area contributed by atoms with Gasteiger partial charge >= 0.3 is 0 Å². The Bertz CT molecular complexity index is 724. The number of aryl methyl sites for hydroxylation is 1. The summed E-state index contributed by atoms with van der Waals surface area (Å²) in [6, 6.07) is 9.68. The van der Waals surface area contributed by atoms with E-state index in [4.69, 9.17) is 4.42 Å². The van der Waals surface area contributed by atoms with Crippen LogP contribution in [0.4, 0.5) is 5.69 Å². The quantitative estimate of drug-likeness (QED) is 0.786. The lowest BCUT2D eigenvalue weighted by Crippen LogP contribution is -2.38. The zero-order chi connectivity index (χ0) is 16.9. The summed E-state index contributed by atoms with van der Waals surface area (Å²) in [5.74, 6) is 0.0566. The molecule has 0 fully saturated rings. The number of amides is 2. The fourth-order valence-electron chi connectivity index (χ4n) is 2.72. The van der Waals surface area contributed by atoms with Crippen molar-refractivity contribution in [3.8, 4) is 0 Å². The van der Waals surface area contributed by atoms with Gasteiger partial charge in [-0.1, -0.05) is 18.2 Å². The van der Waals surface area contributed by atoms with Crippen LogP contribution in [0.2, 0.25) is 0 Å². The molecule has 1 unspecified atom stereocenters. The number of carbonyl (C=O) groups is 2. The fourth-order valence-corrected chi connectivity index (χ4v) is 2.72. The minimum atomic E-state index is -0.292. The molecule has 2 aromatic rings. The summed E-state index contributed by atoms with van der Waals surface area (Å²) in [5.41, 5.74) is 1.67. The molecule has 1 aromatic heterocycles. The Morgan fingerprint density at radius 3 is 2.92 bits per heavy atom. The van der Waals surface area contributed by atoms with Crippen LogP contribution in [0.3, 0.4) is 0 Å². The Morgan fingerprint density at radius 1 is 1.33 bits per heavy atom. The Balaban J connectivity index is 1.63. The Kier molecular flexibility index (Phi) is 4.84. The van der Waals surface area contributed by atoms with E-state index < -0.39 is 0 Å². The highest BCUT2D eigenvalue weighted by molar-refractivity contribution is 6.08. The maximum atomic E-state index is 12.5. The van der Waals surface area contributed by atoms with Crippen LogP contribution in [0.25, 0.3) is 0 Å². The molecule has 1 aromatic carbocycles. The number of benzene rings is 1. The van der Waals surface area contributed by atoms with Gasteiger partial charge in [-0.15, -0.1) is 0 Å². The second-order valence-electron chi connectivity index (χ2n) is 5.93. The van der Waals surface area contributed by atoms with Crippen molar-refractivity contribution in [3.63, 3.8) is 0 Å². The lowest BCUT2D eigenvalue weighted by Gasteiger charge is -2.15. The topological polar surface area (TPSA) is 83.4 Å². The smallest absolute Gasteiger partial charge is 0.255 e. The van der Waals surface area contributed by atoms with E-state index in [0.717, 1.165) is 12.1 Å². The Morgan fingerprint density at radius 2 is 2.12 bits per heavy atom. The van der Waals surface area contributed by atoms with Crippen LogP contribution in [0, 0.1) is 0 Å². The number of nitrogens with one attached hydrogen (secondary N) is 3. The number of hydrogen-bond acceptors (Lipinski definition) is 4. The Hall–Kier alpha value is -2.76. The van der Waals surface area contributed by atoms with Crippen LogP contribution in [0.5, 0.6) is 0 Å². The van der Waals surface area contributed by atoms with Crippen molar-refractivity contribution in [3.05, 3.63) is 53.5 Å². The van der Waals surface area contributed by atoms with Crippen LogP contribution < -0.4 is 16.0 Å². The number of para-hydroxylation sites is 1. The molecule has 6 nitrogen and oxygen atoms in total. The minimum absolute atomic E-state index is 0.0999. The second-order valence-corrected chi connectivity index (χ2v) is 5.93. The van der Waals surface area contributed by atoms with Crippen molar-refractivity contribution in [2.45, 2.75) is 25.8 Å². The second kappa shape index (κ2) is 7.21. The molecule has 6 heteroatoms. The summed E-state index contributed by atoms with van der Waals surface area (Å²) >= 11 is 0. The van der Waals surface area contributed by atoms with Crippen molar-refractivity contribution < 1.29 is 14.0 Å². The maximum absolute atomic E-state index is 12.5. The first-order chi connectivity index (χ1) is 11.6. The van der Waals surface area contributed by atoms with Gasteiger partial charge < -0.3 is 20.4 Å². The molecule has 1 aliphatic rings. The predicted molar refractivity (Wildman–Crippen MR) is 91.2 cm³/mol. The number of carbonyl (C=O) groups excluding carboxylic acids is 2. The molecule has 0 radical (unpaired) electrons. The van der Waals surface area contributed by atoms with Gasteiger partial charge in [0.15, 0.2) is 0 Å². The van der Waals surface area contributed by atoms with E-state index in [-0.39, 0.29) is 17.9 Å². The zero-order valence-electron chi connectivity index (χ0n) is 13.6. The summed E-state index contributed by atoms with van der Waals surface area (Å²) < 4.78 is 5.43. The highest BCUT2D eigenvalue weighted by Gasteiger charge is 2.27. The summed E-state index contributed by atoms with van der Waals surface area (Å²) in [6.45, 7) is 3.09. The highest BCUT2D eigenvalue weighted by atomic mass is 16.3. The predicted octanol–water partition coefficient (Wildman–Crippen LogP) is 2.19. The monoisotopic (exact) mass is 327 g/mol. The molecule has 24 heavy (non-hydrogen) atoms. The van der Waals surface area contributed by atoms with E-state index >= 15 is 0 Å². The normalized spacial score (nSPS) is 15.0. The lowest BCUT2D eigenvalue weighted by molar-refractivity contribution is 0.0915. The lowest BCUT2D eigenvalue weighted by atomic mass is 10.1. The van der Waals surface area contributed by atoms with E-state index in [1.807, 2.05) is 37.3 Å². The van der Waals surface area contributed by atoms with Crippen LogP contribution in [0.15, 0.2) is 41.0 Å². The fraction of sp³-hybridized carbons (Fsp3) is 0.333. The average Bonchev–Trinajstić information content (AvgIpc) is 2.93. The van der Waals surface area contributed by atoms with Crippen LogP contribution in [-0.4, -0.2) is 30.9 Å². The van der Waals surface area contributed by atoms with Gasteiger partial charge in [0.2, 0.25) is 0 Å². The van der Waals surface area contributed by atoms with Gasteiger partial charge in [-0.25, -0.2) is 0 Å². The molecule has 3 rings (SSSR count). The van der Waals surface area contributed by atoms with Gasteiger partial charge in [-0.05, 0) is 25.5 Å². The molecule has 126 valence electrons. The third-order valence-electron chi connectivity index (χ3n) is 3.97. The molecule has 2 amide bonds. The van der Waals surface area contributed by atoms with E-state index in [1.165, 1.54) is 6.26 Å². The van der Waals surface area contributed by atoms with E-state index in [9.17, 15) is 9.59 Å². The first kappa shape index (κ1) is 16.1. The molecular formula is C18H21N3O3. The maximum Gasteiger partial charge on any atom is 0.255 e. The molecule has 1 atom stereocenters. The SMILES string of the molecule is CC(CNc1ccccc1)NC(=O)c1coc2c1C(=O)NCCC2. The molecular weight excluding hydrogens is 306 g/mol. The molecule has 2 heterocycles. The number of furan rings is 1. The molecule has 1 aliphatic heterocycles. The van der Waals surface area contributed by atoms with E-state index in [2.05, 4.69) is 16.0 Å². The van der Waals surface area contributed by atoms with Crippen molar-refractivity contribution in [2.24, 2.45) is 0 Å². The van der Waals surface area contributed by atoms with E-state index in [1.54, 1.807) is 0 Å². The van der Waals surface area contributed by atoms with Gasteiger partial charge in [0.05, 0.1) is 11.1 Å². The largest absolute Gasteiger partial charge is 0.468 e. The summed E-state index contributed by atoms with van der Waals surface area (Å²) in [4.78, 5) is 24.6. The Labute approximate surface area is 140 Å². The number of rotatable bonds is 5. The zero-order valence-corrected chi connectivity index (χ0v) is 13.6. The first-order valence-corrected chi connectivity index (χ1v) is 8.13. The summed E-state index contributed by atoms with van der Waals surface area (Å²) in [6.07, 6.45) is 2.85. The third-order valence-corrected chi connectivity index (χ3v) is 3.97. The number of fused-ring (bicyclic) bond motifs is 1. The number of hydrogen-bond donors (Lipinski definition) is 3. The summed E-state index contributed by atoms with van der Waals surface area (Å²) in [5, 5.41) is 8.95. The molecule has 0 bridgehead atoms.